The van der Waals surface area contributed by atoms with Crippen molar-refractivity contribution in [1.82, 2.24) is 0 Å². The second-order valence-corrected chi connectivity index (χ2v) is 5.39. The van der Waals surface area contributed by atoms with Gasteiger partial charge in [-0.3, -0.25) is 0 Å². The zero-order valence-electron chi connectivity index (χ0n) is 11.7. The Morgan fingerprint density at radius 1 is 1.05 bits per heavy atom. The van der Waals surface area contributed by atoms with E-state index in [9.17, 15) is 0 Å². The first-order valence-corrected chi connectivity index (χ1v) is 7.41. The van der Waals surface area contributed by atoms with Crippen LogP contribution >= 0.6 is 11.6 Å². The quantitative estimate of drug-likeness (QED) is 0.485. The molecule has 2 aromatic carbocycles. The number of hydrogen-bond acceptors (Lipinski definition) is 1. The van der Waals surface area contributed by atoms with Gasteiger partial charge in [-0.2, -0.15) is 0 Å². The summed E-state index contributed by atoms with van der Waals surface area (Å²) in [4.78, 5) is 0. The van der Waals surface area contributed by atoms with Crippen LogP contribution in [-0.4, -0.2) is 7.11 Å². The molecule has 1 atom stereocenters. The lowest BCUT2D eigenvalue weighted by molar-refractivity contribution is 0.419. The highest BCUT2D eigenvalue weighted by Crippen LogP contribution is 2.36. The maximum Gasteiger partial charge on any atom is 0.126 e. The molecule has 0 aromatic heterocycles. The summed E-state index contributed by atoms with van der Waals surface area (Å²) >= 11 is 6.58. The molecule has 19 heavy (non-hydrogen) atoms. The van der Waals surface area contributed by atoms with E-state index in [-0.39, 0.29) is 5.38 Å². The van der Waals surface area contributed by atoms with Crippen LogP contribution in [0.4, 0.5) is 0 Å². The van der Waals surface area contributed by atoms with Gasteiger partial charge in [0.05, 0.1) is 12.5 Å². The molecule has 0 heterocycles. The molecule has 0 amide bonds. The highest BCUT2D eigenvalue weighted by molar-refractivity contribution is 6.21. The molecule has 0 N–H and O–H groups in total. The molecule has 1 unspecified atom stereocenters. The molecule has 0 fully saturated rings. The summed E-state index contributed by atoms with van der Waals surface area (Å²) in [5.74, 6) is 0.914. The molecule has 0 aliphatic rings. The van der Waals surface area contributed by atoms with Crippen molar-refractivity contribution in [3.05, 3.63) is 42.0 Å². The fraction of sp³-hybridized carbons (Fsp3) is 0.412. The van der Waals surface area contributed by atoms with Gasteiger partial charge < -0.3 is 4.74 Å². The summed E-state index contributed by atoms with van der Waals surface area (Å²) in [7, 11) is 1.71. The Balaban J connectivity index is 2.33. The molecule has 102 valence electrons. The van der Waals surface area contributed by atoms with Crippen LogP contribution in [0.1, 0.15) is 43.5 Å². The molecular formula is C17H21ClO. The summed E-state index contributed by atoms with van der Waals surface area (Å²) in [6.45, 7) is 2.21. The molecule has 2 heteroatoms. The molecule has 0 aliphatic heterocycles. The summed E-state index contributed by atoms with van der Waals surface area (Å²) in [5, 5.41) is 2.43. The lowest BCUT2D eigenvalue weighted by Gasteiger charge is -2.14. The topological polar surface area (TPSA) is 9.23 Å². The standard InChI is InChI=1S/C17H21ClO/c1-3-4-5-10-16(18)14-11-12-17(19-2)15-9-7-6-8-13(14)15/h6-9,11-12,16H,3-5,10H2,1-2H3. The van der Waals surface area contributed by atoms with Crippen molar-refractivity contribution >= 4 is 22.4 Å². The second-order valence-electron chi connectivity index (χ2n) is 4.87. The van der Waals surface area contributed by atoms with Crippen LogP contribution in [0, 0.1) is 0 Å². The van der Waals surface area contributed by atoms with Crippen molar-refractivity contribution in [2.45, 2.75) is 38.0 Å². The highest BCUT2D eigenvalue weighted by atomic mass is 35.5. The maximum absolute atomic E-state index is 6.58. The smallest absolute Gasteiger partial charge is 0.126 e. The van der Waals surface area contributed by atoms with Crippen LogP contribution in [0.5, 0.6) is 5.75 Å². The Labute approximate surface area is 120 Å². The number of alkyl halides is 1. The molecule has 2 aromatic rings. The van der Waals surface area contributed by atoms with Gasteiger partial charge in [-0.15, -0.1) is 11.6 Å². The van der Waals surface area contributed by atoms with Crippen LogP contribution in [0.2, 0.25) is 0 Å². The lowest BCUT2D eigenvalue weighted by Crippen LogP contribution is -1.94. The summed E-state index contributed by atoms with van der Waals surface area (Å²) in [6.07, 6.45) is 4.70. The Bertz CT molecular complexity index is 536. The molecule has 0 saturated heterocycles. The van der Waals surface area contributed by atoms with E-state index in [1.807, 2.05) is 12.1 Å². The van der Waals surface area contributed by atoms with Crippen LogP contribution in [0.25, 0.3) is 10.8 Å². The average molecular weight is 277 g/mol. The predicted octanol–water partition coefficient (Wildman–Crippen LogP) is 5.71. The fourth-order valence-corrected chi connectivity index (χ4v) is 2.82. The number of halogens is 1. The van der Waals surface area contributed by atoms with Gasteiger partial charge in [-0.25, -0.2) is 0 Å². The first kappa shape index (κ1) is 14.2. The SMILES string of the molecule is CCCCCC(Cl)c1ccc(OC)c2ccccc12. The molecule has 0 spiro atoms. The molecule has 2 rings (SSSR count). The van der Waals surface area contributed by atoms with Gasteiger partial charge in [0.25, 0.3) is 0 Å². The van der Waals surface area contributed by atoms with E-state index in [4.69, 9.17) is 16.3 Å². The van der Waals surface area contributed by atoms with Gasteiger partial charge >= 0.3 is 0 Å². The summed E-state index contributed by atoms with van der Waals surface area (Å²) < 4.78 is 5.42. The van der Waals surface area contributed by atoms with Crippen LogP contribution < -0.4 is 4.74 Å². The van der Waals surface area contributed by atoms with Crippen LogP contribution in [0.3, 0.4) is 0 Å². The molecule has 0 bridgehead atoms. The first-order chi connectivity index (χ1) is 9.27. The lowest BCUT2D eigenvalue weighted by atomic mass is 9.98. The van der Waals surface area contributed by atoms with Gasteiger partial charge in [0.2, 0.25) is 0 Å². The Kier molecular flexibility index (Phi) is 5.09. The third-order valence-corrected chi connectivity index (χ3v) is 3.99. The van der Waals surface area contributed by atoms with E-state index in [0.29, 0.717) is 0 Å². The minimum Gasteiger partial charge on any atom is -0.496 e. The number of fused-ring (bicyclic) bond motifs is 1. The minimum absolute atomic E-state index is 0.0855. The highest BCUT2D eigenvalue weighted by Gasteiger charge is 2.13. The maximum atomic E-state index is 6.58. The summed E-state index contributed by atoms with van der Waals surface area (Å²) in [5.41, 5.74) is 1.22. The van der Waals surface area contributed by atoms with Gasteiger partial charge in [0, 0.05) is 5.39 Å². The number of hydrogen-bond donors (Lipinski definition) is 0. The Morgan fingerprint density at radius 3 is 2.47 bits per heavy atom. The number of unbranched alkanes of at least 4 members (excludes halogenated alkanes) is 2. The first-order valence-electron chi connectivity index (χ1n) is 6.97. The third kappa shape index (κ3) is 3.22. The normalized spacial score (nSPS) is 12.6. The van der Waals surface area contributed by atoms with Crippen molar-refractivity contribution in [2.75, 3.05) is 7.11 Å². The van der Waals surface area contributed by atoms with Gasteiger partial charge in [-0.05, 0) is 23.4 Å². The largest absolute Gasteiger partial charge is 0.496 e. The van der Waals surface area contributed by atoms with E-state index in [2.05, 4.69) is 31.2 Å². The Hall–Kier alpha value is -1.21. The van der Waals surface area contributed by atoms with Crippen molar-refractivity contribution in [3.8, 4) is 5.75 Å². The zero-order chi connectivity index (χ0) is 13.7. The number of ether oxygens (including phenoxy) is 1. The van der Waals surface area contributed by atoms with Crippen molar-refractivity contribution in [3.63, 3.8) is 0 Å². The number of methoxy groups -OCH3 is 1. The van der Waals surface area contributed by atoms with E-state index in [1.54, 1.807) is 7.11 Å². The average Bonchev–Trinajstić information content (AvgIpc) is 2.46. The van der Waals surface area contributed by atoms with E-state index in [1.165, 1.54) is 30.2 Å². The van der Waals surface area contributed by atoms with Gasteiger partial charge in [0.15, 0.2) is 0 Å². The molecule has 0 radical (unpaired) electrons. The zero-order valence-corrected chi connectivity index (χ0v) is 12.4. The van der Waals surface area contributed by atoms with Gasteiger partial charge in [0.1, 0.15) is 5.75 Å². The second kappa shape index (κ2) is 6.81. The van der Waals surface area contributed by atoms with Crippen molar-refractivity contribution in [2.24, 2.45) is 0 Å². The van der Waals surface area contributed by atoms with E-state index >= 15 is 0 Å². The molecular weight excluding hydrogens is 256 g/mol. The molecule has 0 saturated carbocycles. The monoisotopic (exact) mass is 276 g/mol. The molecule has 0 aliphatic carbocycles. The fourth-order valence-electron chi connectivity index (χ4n) is 2.47. The van der Waals surface area contributed by atoms with Crippen LogP contribution in [-0.2, 0) is 0 Å². The van der Waals surface area contributed by atoms with E-state index in [0.717, 1.165) is 17.6 Å². The molecule has 1 nitrogen and oxygen atoms in total. The van der Waals surface area contributed by atoms with Crippen molar-refractivity contribution in [1.29, 1.82) is 0 Å². The number of benzene rings is 2. The van der Waals surface area contributed by atoms with Crippen LogP contribution in [0.15, 0.2) is 36.4 Å². The number of rotatable bonds is 6. The predicted molar refractivity (Wildman–Crippen MR) is 83.2 cm³/mol. The summed E-state index contributed by atoms with van der Waals surface area (Å²) in [6, 6.07) is 12.4. The third-order valence-electron chi connectivity index (χ3n) is 3.54. The van der Waals surface area contributed by atoms with Gasteiger partial charge in [-0.1, -0.05) is 56.5 Å². The minimum atomic E-state index is 0.0855. The Morgan fingerprint density at radius 2 is 1.79 bits per heavy atom. The van der Waals surface area contributed by atoms with Crippen molar-refractivity contribution < 1.29 is 4.74 Å². The van der Waals surface area contributed by atoms with E-state index < -0.39 is 0 Å².